The predicted molar refractivity (Wildman–Crippen MR) is 75.6 cm³/mol. The van der Waals surface area contributed by atoms with Crippen molar-refractivity contribution in [2.24, 2.45) is 0 Å². The molecule has 0 saturated heterocycles. The van der Waals surface area contributed by atoms with Gasteiger partial charge in [-0.3, -0.25) is 0 Å². The van der Waals surface area contributed by atoms with Crippen LogP contribution in [0.1, 0.15) is 16.1 Å². The van der Waals surface area contributed by atoms with Gasteiger partial charge in [0.2, 0.25) is 5.88 Å². The van der Waals surface area contributed by atoms with Crippen LogP contribution in [0, 0.1) is 6.92 Å². The zero-order valence-electron chi connectivity index (χ0n) is 11.4. The maximum Gasteiger partial charge on any atom is 0.337 e. The molecule has 2 rings (SSSR count). The van der Waals surface area contributed by atoms with E-state index in [0.717, 1.165) is 6.26 Å². The molecule has 6 nitrogen and oxygen atoms in total. The average Bonchev–Trinajstić information content (AvgIpc) is 2.37. The van der Waals surface area contributed by atoms with Gasteiger partial charge in [-0.2, -0.15) is 0 Å². The Kier molecular flexibility index (Phi) is 3.95. The number of nitrogens with zero attached hydrogens (tertiary/aromatic N) is 1. The third-order valence-corrected chi connectivity index (χ3v) is 3.86. The van der Waals surface area contributed by atoms with Crippen LogP contribution in [0.25, 0.3) is 0 Å². The number of ether oxygens (including phenoxy) is 1. The van der Waals surface area contributed by atoms with Crippen molar-refractivity contribution in [1.29, 1.82) is 0 Å². The molecule has 0 aliphatic rings. The fourth-order valence-electron chi connectivity index (χ4n) is 1.71. The Balaban J connectivity index is 2.31. The molecule has 0 aliphatic carbocycles. The lowest BCUT2D eigenvalue weighted by Crippen LogP contribution is -2.02. The summed E-state index contributed by atoms with van der Waals surface area (Å²) < 4.78 is 28.4. The Morgan fingerprint density at radius 2 is 1.95 bits per heavy atom. The Morgan fingerprint density at radius 3 is 2.52 bits per heavy atom. The van der Waals surface area contributed by atoms with Crippen LogP contribution in [0.4, 0.5) is 0 Å². The van der Waals surface area contributed by atoms with Crippen LogP contribution >= 0.6 is 0 Å². The van der Waals surface area contributed by atoms with Crippen LogP contribution < -0.4 is 4.74 Å². The lowest BCUT2D eigenvalue weighted by Gasteiger charge is -2.08. The van der Waals surface area contributed by atoms with Crippen molar-refractivity contribution in [3.63, 3.8) is 0 Å². The van der Waals surface area contributed by atoms with Crippen molar-refractivity contribution in [3.05, 3.63) is 47.7 Å². The molecule has 21 heavy (non-hydrogen) atoms. The number of sulfone groups is 1. The van der Waals surface area contributed by atoms with Gasteiger partial charge in [-0.25, -0.2) is 18.2 Å². The summed E-state index contributed by atoms with van der Waals surface area (Å²) in [6.07, 6.45) is 1.11. The highest BCUT2D eigenvalue weighted by Gasteiger charge is 2.11. The van der Waals surface area contributed by atoms with Crippen molar-refractivity contribution in [2.75, 3.05) is 6.26 Å². The Morgan fingerprint density at radius 1 is 1.24 bits per heavy atom. The van der Waals surface area contributed by atoms with Crippen molar-refractivity contribution in [1.82, 2.24) is 4.98 Å². The second-order valence-electron chi connectivity index (χ2n) is 4.44. The lowest BCUT2D eigenvalue weighted by atomic mass is 10.2. The van der Waals surface area contributed by atoms with Gasteiger partial charge in [-0.15, -0.1) is 0 Å². The minimum Gasteiger partial charge on any atom is -0.478 e. The van der Waals surface area contributed by atoms with Crippen LogP contribution in [0.15, 0.2) is 41.3 Å². The number of pyridine rings is 1. The molecule has 0 radical (unpaired) electrons. The Bertz CT molecular complexity index is 799. The molecule has 0 fully saturated rings. The van der Waals surface area contributed by atoms with E-state index in [1.165, 1.54) is 24.3 Å². The summed E-state index contributed by atoms with van der Waals surface area (Å²) in [5.41, 5.74) is 0.409. The summed E-state index contributed by atoms with van der Waals surface area (Å²) in [6, 6.07) is 8.82. The van der Waals surface area contributed by atoms with E-state index in [4.69, 9.17) is 9.84 Å². The molecule has 1 N–H and O–H groups in total. The van der Waals surface area contributed by atoms with Crippen LogP contribution in [-0.4, -0.2) is 30.7 Å². The second-order valence-corrected chi connectivity index (χ2v) is 6.45. The zero-order chi connectivity index (χ0) is 15.6. The standard InChI is InChI=1S/C14H13NO5S/c1-9-12(14(16)17)6-7-13(15-9)20-10-4-3-5-11(8-10)21(2,18)19/h3-8H,1-2H3,(H,16,17). The van der Waals surface area contributed by atoms with E-state index in [0.29, 0.717) is 11.4 Å². The van der Waals surface area contributed by atoms with Gasteiger partial charge in [0.05, 0.1) is 16.2 Å². The van der Waals surface area contributed by atoms with E-state index in [1.54, 1.807) is 19.1 Å². The third-order valence-electron chi connectivity index (χ3n) is 2.75. The first kappa shape index (κ1) is 15.0. The molecule has 0 saturated carbocycles. The van der Waals surface area contributed by atoms with Gasteiger partial charge in [-0.05, 0) is 31.2 Å². The normalized spacial score (nSPS) is 11.1. The van der Waals surface area contributed by atoms with E-state index in [2.05, 4.69) is 4.98 Å². The highest BCUT2D eigenvalue weighted by atomic mass is 32.2. The van der Waals surface area contributed by atoms with Crippen LogP contribution in [0.2, 0.25) is 0 Å². The van der Waals surface area contributed by atoms with Gasteiger partial charge in [0.25, 0.3) is 0 Å². The van der Waals surface area contributed by atoms with E-state index in [9.17, 15) is 13.2 Å². The number of hydrogen-bond donors (Lipinski definition) is 1. The summed E-state index contributed by atoms with van der Waals surface area (Å²) in [6.45, 7) is 1.56. The number of carbonyl (C=O) groups is 1. The molecule has 0 amide bonds. The fourth-order valence-corrected chi connectivity index (χ4v) is 2.37. The molecule has 1 aromatic carbocycles. The highest BCUT2D eigenvalue weighted by Crippen LogP contribution is 2.23. The number of benzene rings is 1. The van der Waals surface area contributed by atoms with Crippen LogP contribution in [0.3, 0.4) is 0 Å². The Hall–Kier alpha value is -2.41. The van der Waals surface area contributed by atoms with Crippen LogP contribution in [0.5, 0.6) is 11.6 Å². The summed E-state index contributed by atoms with van der Waals surface area (Å²) in [7, 11) is -3.32. The fraction of sp³-hybridized carbons (Fsp3) is 0.143. The van der Waals surface area contributed by atoms with Gasteiger partial charge in [0.15, 0.2) is 9.84 Å². The maximum atomic E-state index is 11.5. The molecule has 0 spiro atoms. The van der Waals surface area contributed by atoms with Gasteiger partial charge in [0, 0.05) is 12.3 Å². The smallest absolute Gasteiger partial charge is 0.337 e. The molecule has 2 aromatic rings. The number of rotatable bonds is 4. The molecule has 0 atom stereocenters. The summed E-state index contributed by atoms with van der Waals surface area (Å²) in [4.78, 5) is 15.1. The maximum absolute atomic E-state index is 11.5. The molecule has 1 aromatic heterocycles. The molecule has 110 valence electrons. The summed E-state index contributed by atoms with van der Waals surface area (Å²) in [5, 5.41) is 8.92. The molecular weight excluding hydrogens is 294 g/mol. The number of hydrogen-bond acceptors (Lipinski definition) is 5. The molecule has 7 heteroatoms. The van der Waals surface area contributed by atoms with E-state index in [-0.39, 0.29) is 16.3 Å². The first-order valence-electron chi connectivity index (χ1n) is 5.96. The van der Waals surface area contributed by atoms with Crippen molar-refractivity contribution in [3.8, 4) is 11.6 Å². The van der Waals surface area contributed by atoms with E-state index < -0.39 is 15.8 Å². The average molecular weight is 307 g/mol. The minimum atomic E-state index is -3.32. The first-order valence-corrected chi connectivity index (χ1v) is 7.85. The van der Waals surface area contributed by atoms with Crippen molar-refractivity contribution in [2.45, 2.75) is 11.8 Å². The number of carboxylic acid groups (broad SMARTS) is 1. The third kappa shape index (κ3) is 3.57. The minimum absolute atomic E-state index is 0.0900. The second kappa shape index (κ2) is 5.53. The number of carboxylic acids is 1. The number of aromatic carboxylic acids is 1. The van der Waals surface area contributed by atoms with Crippen molar-refractivity contribution < 1.29 is 23.1 Å². The first-order chi connectivity index (χ1) is 9.77. The van der Waals surface area contributed by atoms with Gasteiger partial charge in [-0.1, -0.05) is 6.07 Å². The molecular formula is C14H13NO5S. The van der Waals surface area contributed by atoms with E-state index in [1.807, 2.05) is 0 Å². The molecule has 0 unspecified atom stereocenters. The van der Waals surface area contributed by atoms with Gasteiger partial charge < -0.3 is 9.84 Å². The van der Waals surface area contributed by atoms with Crippen LogP contribution in [-0.2, 0) is 9.84 Å². The molecule has 1 heterocycles. The summed E-state index contributed by atoms with van der Waals surface area (Å²) >= 11 is 0. The monoisotopic (exact) mass is 307 g/mol. The predicted octanol–water partition coefficient (Wildman–Crippen LogP) is 2.28. The largest absolute Gasteiger partial charge is 0.478 e. The SMILES string of the molecule is Cc1nc(Oc2cccc(S(C)(=O)=O)c2)ccc1C(=O)O. The van der Waals surface area contributed by atoms with Crippen molar-refractivity contribution >= 4 is 15.8 Å². The van der Waals surface area contributed by atoms with E-state index >= 15 is 0 Å². The highest BCUT2D eigenvalue weighted by molar-refractivity contribution is 7.90. The number of aromatic nitrogens is 1. The molecule has 0 aliphatic heterocycles. The zero-order valence-corrected chi connectivity index (χ0v) is 12.2. The summed E-state index contributed by atoms with van der Waals surface area (Å²) in [5.74, 6) is -0.554. The quantitative estimate of drug-likeness (QED) is 0.931. The molecule has 0 bridgehead atoms. The topological polar surface area (TPSA) is 93.6 Å². The van der Waals surface area contributed by atoms with Gasteiger partial charge in [0.1, 0.15) is 5.75 Å². The van der Waals surface area contributed by atoms with Gasteiger partial charge >= 0.3 is 5.97 Å². The Labute approximate surface area is 121 Å². The lowest BCUT2D eigenvalue weighted by molar-refractivity contribution is 0.0695. The number of aryl methyl sites for hydroxylation is 1.